The zero-order chi connectivity index (χ0) is 22.2. The number of allylic oxidation sites excluding steroid dienone is 1. The molecule has 0 aromatic heterocycles. The van der Waals surface area contributed by atoms with Gasteiger partial charge in [-0.25, -0.2) is 8.42 Å². The van der Waals surface area contributed by atoms with E-state index >= 15 is 0 Å². The van der Waals surface area contributed by atoms with E-state index in [1.807, 2.05) is 6.92 Å². The summed E-state index contributed by atoms with van der Waals surface area (Å²) in [6, 6.07) is 14.8. The average molecular weight is 441 g/mol. The SMILES string of the molecule is CC1=C(Cc2ccccc2S(=O)(=O)c2ccccc2)C2C(=O)NCCC2N1CC(=O)O. The number of fused-ring (bicyclic) bond motifs is 1. The molecule has 1 saturated heterocycles. The molecule has 2 aliphatic heterocycles. The molecule has 0 radical (unpaired) electrons. The lowest BCUT2D eigenvalue weighted by atomic mass is 9.85. The van der Waals surface area contributed by atoms with E-state index in [-0.39, 0.29) is 34.7 Å². The van der Waals surface area contributed by atoms with Gasteiger partial charge in [-0.2, -0.15) is 0 Å². The van der Waals surface area contributed by atoms with Crippen LogP contribution in [-0.2, 0) is 25.8 Å². The predicted octanol–water partition coefficient (Wildman–Crippen LogP) is 2.24. The molecule has 0 spiro atoms. The molecule has 2 heterocycles. The second-order valence-corrected chi connectivity index (χ2v) is 9.78. The number of carboxylic acids is 1. The van der Waals surface area contributed by atoms with E-state index in [0.717, 1.165) is 11.3 Å². The summed E-state index contributed by atoms with van der Waals surface area (Å²) in [5.41, 5.74) is 2.11. The van der Waals surface area contributed by atoms with Gasteiger partial charge in [0.05, 0.1) is 15.7 Å². The van der Waals surface area contributed by atoms with Gasteiger partial charge in [-0.15, -0.1) is 0 Å². The van der Waals surface area contributed by atoms with Gasteiger partial charge in [0, 0.05) is 18.3 Å². The molecule has 4 rings (SSSR count). The number of sulfone groups is 1. The largest absolute Gasteiger partial charge is 0.480 e. The summed E-state index contributed by atoms with van der Waals surface area (Å²) in [6.07, 6.45) is 0.910. The molecule has 0 saturated carbocycles. The molecular weight excluding hydrogens is 416 g/mol. The standard InChI is InChI=1S/C23H24N2O5S/c1-15-18(22-19(11-12-24-23(22)28)25(15)14-21(26)27)13-16-7-5-6-10-20(16)31(29,30)17-8-3-2-4-9-17/h2-10,19,22H,11-14H2,1H3,(H,24,28)(H,26,27). The van der Waals surface area contributed by atoms with Crippen molar-refractivity contribution in [3.05, 3.63) is 71.4 Å². The number of carboxylic acid groups (broad SMARTS) is 1. The smallest absolute Gasteiger partial charge is 0.323 e. The molecule has 0 bridgehead atoms. The van der Waals surface area contributed by atoms with E-state index < -0.39 is 21.7 Å². The zero-order valence-electron chi connectivity index (χ0n) is 17.1. The third-order valence-corrected chi connectivity index (χ3v) is 7.95. The average Bonchev–Trinajstić information content (AvgIpc) is 3.01. The molecule has 162 valence electrons. The Morgan fingerprint density at radius 2 is 1.81 bits per heavy atom. The van der Waals surface area contributed by atoms with Crippen LogP contribution in [0, 0.1) is 5.92 Å². The van der Waals surface area contributed by atoms with Crippen molar-refractivity contribution in [2.75, 3.05) is 13.1 Å². The van der Waals surface area contributed by atoms with Crippen LogP contribution in [-0.4, -0.2) is 49.4 Å². The lowest BCUT2D eigenvalue weighted by Gasteiger charge is -2.33. The number of hydrogen-bond acceptors (Lipinski definition) is 5. The lowest BCUT2D eigenvalue weighted by Crippen LogP contribution is -2.49. The molecule has 2 aromatic rings. The first-order chi connectivity index (χ1) is 14.8. The van der Waals surface area contributed by atoms with Crippen LogP contribution >= 0.6 is 0 Å². The van der Waals surface area contributed by atoms with Gasteiger partial charge >= 0.3 is 5.97 Å². The number of carbonyl (C=O) groups excluding carboxylic acids is 1. The lowest BCUT2D eigenvalue weighted by molar-refractivity contribution is -0.139. The van der Waals surface area contributed by atoms with Crippen molar-refractivity contribution >= 4 is 21.7 Å². The Balaban J connectivity index is 1.76. The minimum Gasteiger partial charge on any atom is -0.480 e. The molecule has 2 aliphatic rings. The monoisotopic (exact) mass is 440 g/mol. The van der Waals surface area contributed by atoms with Gasteiger partial charge in [0.15, 0.2) is 0 Å². The highest BCUT2D eigenvalue weighted by Gasteiger charge is 2.45. The topological polar surface area (TPSA) is 104 Å². The summed E-state index contributed by atoms with van der Waals surface area (Å²) in [4.78, 5) is 26.3. The number of carbonyl (C=O) groups is 2. The molecule has 8 heteroatoms. The van der Waals surface area contributed by atoms with E-state index in [9.17, 15) is 23.1 Å². The second-order valence-electron chi connectivity index (χ2n) is 7.86. The summed E-state index contributed by atoms with van der Waals surface area (Å²) in [7, 11) is -3.73. The number of amides is 1. The Morgan fingerprint density at radius 3 is 2.52 bits per heavy atom. The normalized spacial score (nSPS) is 21.1. The van der Waals surface area contributed by atoms with Gasteiger partial charge in [0.2, 0.25) is 15.7 Å². The predicted molar refractivity (Wildman–Crippen MR) is 114 cm³/mol. The third kappa shape index (κ3) is 3.83. The third-order valence-electron chi connectivity index (χ3n) is 6.08. The number of benzene rings is 2. The van der Waals surface area contributed by atoms with Gasteiger partial charge in [-0.3, -0.25) is 9.59 Å². The first-order valence-corrected chi connectivity index (χ1v) is 11.6. The van der Waals surface area contributed by atoms with Crippen LogP contribution in [0.5, 0.6) is 0 Å². The highest BCUT2D eigenvalue weighted by atomic mass is 32.2. The summed E-state index contributed by atoms with van der Waals surface area (Å²) in [6.45, 7) is 2.13. The van der Waals surface area contributed by atoms with E-state index in [1.54, 1.807) is 59.5 Å². The van der Waals surface area contributed by atoms with Crippen LogP contribution in [0.25, 0.3) is 0 Å². The van der Waals surface area contributed by atoms with Crippen molar-refractivity contribution in [2.24, 2.45) is 5.92 Å². The van der Waals surface area contributed by atoms with Gasteiger partial charge in [0.1, 0.15) is 6.54 Å². The van der Waals surface area contributed by atoms with Crippen molar-refractivity contribution in [3.63, 3.8) is 0 Å². The van der Waals surface area contributed by atoms with E-state index in [0.29, 0.717) is 18.5 Å². The number of nitrogens with one attached hydrogen (secondary N) is 1. The first kappa shape index (κ1) is 21.1. The molecule has 0 aliphatic carbocycles. The van der Waals surface area contributed by atoms with Gasteiger partial charge in [0.25, 0.3) is 0 Å². The Hall–Kier alpha value is -3.13. The minimum absolute atomic E-state index is 0.137. The molecule has 2 unspecified atom stereocenters. The van der Waals surface area contributed by atoms with Crippen LogP contribution in [0.15, 0.2) is 75.7 Å². The fourth-order valence-corrected chi connectivity index (χ4v) is 6.15. The number of piperidine rings is 1. The Morgan fingerprint density at radius 1 is 1.13 bits per heavy atom. The summed E-state index contributed by atoms with van der Waals surface area (Å²) >= 11 is 0. The van der Waals surface area contributed by atoms with Gasteiger partial charge in [-0.1, -0.05) is 36.4 Å². The van der Waals surface area contributed by atoms with Crippen LogP contribution in [0.3, 0.4) is 0 Å². The summed E-state index contributed by atoms with van der Waals surface area (Å²) in [5, 5.41) is 12.2. The van der Waals surface area contributed by atoms with Crippen molar-refractivity contribution in [1.29, 1.82) is 0 Å². The highest BCUT2D eigenvalue weighted by molar-refractivity contribution is 7.91. The molecular formula is C23H24N2O5S. The first-order valence-electron chi connectivity index (χ1n) is 10.1. The number of aliphatic carboxylic acids is 1. The highest BCUT2D eigenvalue weighted by Crippen LogP contribution is 2.40. The van der Waals surface area contributed by atoms with E-state index in [1.165, 1.54) is 0 Å². The fourth-order valence-electron chi connectivity index (χ4n) is 4.64. The molecule has 31 heavy (non-hydrogen) atoms. The van der Waals surface area contributed by atoms with Crippen molar-refractivity contribution in [2.45, 2.75) is 35.6 Å². The van der Waals surface area contributed by atoms with E-state index in [4.69, 9.17) is 0 Å². The van der Waals surface area contributed by atoms with Crippen molar-refractivity contribution < 1.29 is 23.1 Å². The van der Waals surface area contributed by atoms with Gasteiger partial charge in [-0.05, 0) is 49.1 Å². The molecule has 7 nitrogen and oxygen atoms in total. The van der Waals surface area contributed by atoms with Crippen molar-refractivity contribution in [3.8, 4) is 0 Å². The molecule has 1 fully saturated rings. The quantitative estimate of drug-likeness (QED) is 0.714. The minimum atomic E-state index is -3.73. The van der Waals surface area contributed by atoms with Crippen LogP contribution in [0.2, 0.25) is 0 Å². The van der Waals surface area contributed by atoms with Crippen LogP contribution in [0.4, 0.5) is 0 Å². The molecule has 2 N–H and O–H groups in total. The molecule has 1 amide bonds. The van der Waals surface area contributed by atoms with Crippen LogP contribution in [0.1, 0.15) is 18.9 Å². The maximum absolute atomic E-state index is 13.3. The summed E-state index contributed by atoms with van der Waals surface area (Å²) < 4.78 is 26.6. The number of rotatable bonds is 6. The zero-order valence-corrected chi connectivity index (χ0v) is 17.9. The maximum Gasteiger partial charge on any atom is 0.323 e. The Labute approximate surface area is 181 Å². The maximum atomic E-state index is 13.3. The van der Waals surface area contributed by atoms with E-state index in [2.05, 4.69) is 5.32 Å². The molecule has 2 aromatic carbocycles. The Bertz CT molecular complexity index is 1160. The molecule has 2 atom stereocenters. The van der Waals surface area contributed by atoms with Gasteiger partial charge < -0.3 is 15.3 Å². The van der Waals surface area contributed by atoms with Crippen molar-refractivity contribution in [1.82, 2.24) is 10.2 Å². The fraction of sp³-hybridized carbons (Fsp3) is 0.304. The number of hydrogen-bond donors (Lipinski definition) is 2. The summed E-state index contributed by atoms with van der Waals surface area (Å²) in [5.74, 6) is -1.58. The second kappa shape index (κ2) is 8.19. The Kier molecular flexibility index (Phi) is 5.58. The van der Waals surface area contributed by atoms with Crippen LogP contribution < -0.4 is 5.32 Å². The number of nitrogens with zero attached hydrogens (tertiary/aromatic N) is 1.